The maximum absolute atomic E-state index is 12.9. The molecule has 0 aliphatic carbocycles. The third kappa shape index (κ3) is 6.27. The molecule has 2 aromatic heterocycles. The SMILES string of the molecule is COc1ccc(Nc2nc(C(=O)N3CCN(CC(=O)NCc4ccccn4)CC3)cs2)cc1. The maximum Gasteiger partial charge on any atom is 0.273 e. The van der Waals surface area contributed by atoms with Gasteiger partial charge in [-0.2, -0.15) is 0 Å². The molecular formula is C23H26N6O3S. The summed E-state index contributed by atoms with van der Waals surface area (Å²) >= 11 is 1.39. The standard InChI is InChI=1S/C23H26N6O3S/c1-32-19-7-5-17(6-8-19)26-23-27-20(16-33-23)22(31)29-12-10-28(11-13-29)15-21(30)25-14-18-4-2-3-9-24-18/h2-9,16H,10-15H2,1H3,(H,25,30)(H,26,27). The molecule has 1 aromatic carbocycles. The van der Waals surface area contributed by atoms with Gasteiger partial charge in [-0.15, -0.1) is 11.3 Å². The molecule has 10 heteroatoms. The number of piperazine rings is 1. The van der Waals surface area contributed by atoms with Crippen LogP contribution in [0.25, 0.3) is 0 Å². The van der Waals surface area contributed by atoms with Gasteiger partial charge in [-0.1, -0.05) is 6.07 Å². The number of thiazole rings is 1. The highest BCUT2D eigenvalue weighted by atomic mass is 32.1. The second-order valence-corrected chi connectivity index (χ2v) is 8.42. The summed E-state index contributed by atoms with van der Waals surface area (Å²) < 4.78 is 5.16. The molecule has 1 aliphatic rings. The van der Waals surface area contributed by atoms with E-state index in [-0.39, 0.29) is 11.8 Å². The fourth-order valence-corrected chi connectivity index (χ4v) is 4.15. The number of anilines is 2. The fourth-order valence-electron chi connectivity index (χ4n) is 3.45. The third-order valence-corrected chi connectivity index (χ3v) is 6.04. The summed E-state index contributed by atoms with van der Waals surface area (Å²) in [5.74, 6) is 0.642. The molecule has 1 fully saturated rings. The molecule has 0 bridgehead atoms. The van der Waals surface area contributed by atoms with Gasteiger partial charge in [0.05, 0.1) is 25.9 Å². The minimum absolute atomic E-state index is 0.0471. The molecule has 2 amide bonds. The van der Waals surface area contributed by atoms with Crippen molar-refractivity contribution < 1.29 is 14.3 Å². The molecule has 3 heterocycles. The van der Waals surface area contributed by atoms with E-state index in [2.05, 4.69) is 25.5 Å². The van der Waals surface area contributed by atoms with Gasteiger partial charge in [0, 0.05) is 43.4 Å². The zero-order valence-electron chi connectivity index (χ0n) is 18.4. The highest BCUT2D eigenvalue weighted by Gasteiger charge is 2.24. The van der Waals surface area contributed by atoms with Gasteiger partial charge < -0.3 is 20.3 Å². The van der Waals surface area contributed by atoms with Gasteiger partial charge in [-0.25, -0.2) is 4.98 Å². The first-order chi connectivity index (χ1) is 16.1. The molecule has 0 unspecified atom stereocenters. The topological polar surface area (TPSA) is 99.7 Å². The first-order valence-corrected chi connectivity index (χ1v) is 11.5. The van der Waals surface area contributed by atoms with E-state index in [4.69, 9.17) is 4.74 Å². The van der Waals surface area contributed by atoms with Crippen LogP contribution in [-0.4, -0.2) is 71.4 Å². The van der Waals surface area contributed by atoms with E-state index in [0.717, 1.165) is 17.1 Å². The lowest BCUT2D eigenvalue weighted by Crippen LogP contribution is -2.51. The Hall–Kier alpha value is -3.50. The summed E-state index contributed by atoms with van der Waals surface area (Å²) in [6, 6.07) is 13.1. The molecule has 1 saturated heterocycles. The lowest BCUT2D eigenvalue weighted by molar-refractivity contribution is -0.122. The van der Waals surface area contributed by atoms with Crippen molar-refractivity contribution in [2.75, 3.05) is 45.2 Å². The van der Waals surface area contributed by atoms with Crippen LogP contribution in [0.3, 0.4) is 0 Å². The first kappa shape index (κ1) is 22.7. The number of hydrogen-bond acceptors (Lipinski definition) is 8. The van der Waals surface area contributed by atoms with E-state index < -0.39 is 0 Å². The van der Waals surface area contributed by atoms with Crippen LogP contribution < -0.4 is 15.4 Å². The van der Waals surface area contributed by atoms with Crippen molar-refractivity contribution in [2.45, 2.75) is 6.54 Å². The second-order valence-electron chi connectivity index (χ2n) is 7.56. The van der Waals surface area contributed by atoms with E-state index >= 15 is 0 Å². The predicted octanol–water partition coefficient (Wildman–Crippen LogP) is 2.36. The number of rotatable bonds is 8. The Labute approximate surface area is 196 Å². The number of carbonyl (C=O) groups excluding carboxylic acids is 2. The molecule has 33 heavy (non-hydrogen) atoms. The summed E-state index contributed by atoms with van der Waals surface area (Å²) in [5.41, 5.74) is 2.13. The van der Waals surface area contributed by atoms with Crippen LogP contribution >= 0.6 is 11.3 Å². The summed E-state index contributed by atoms with van der Waals surface area (Å²) in [6.45, 7) is 3.13. The van der Waals surface area contributed by atoms with E-state index in [9.17, 15) is 9.59 Å². The molecular weight excluding hydrogens is 440 g/mol. The maximum atomic E-state index is 12.9. The third-order valence-electron chi connectivity index (χ3n) is 5.28. The molecule has 0 spiro atoms. The fraction of sp³-hybridized carbons (Fsp3) is 0.304. The van der Waals surface area contributed by atoms with Crippen molar-refractivity contribution in [1.29, 1.82) is 0 Å². The van der Waals surface area contributed by atoms with Crippen molar-refractivity contribution in [1.82, 2.24) is 25.1 Å². The average Bonchev–Trinajstić information content (AvgIpc) is 3.32. The van der Waals surface area contributed by atoms with E-state index in [1.165, 1.54) is 11.3 Å². The Morgan fingerprint density at radius 1 is 1.09 bits per heavy atom. The van der Waals surface area contributed by atoms with Crippen molar-refractivity contribution in [3.63, 3.8) is 0 Å². The average molecular weight is 467 g/mol. The number of hydrogen-bond donors (Lipinski definition) is 2. The lowest BCUT2D eigenvalue weighted by Gasteiger charge is -2.33. The highest BCUT2D eigenvalue weighted by Crippen LogP contribution is 2.23. The van der Waals surface area contributed by atoms with Gasteiger partial charge in [0.2, 0.25) is 5.91 Å². The smallest absolute Gasteiger partial charge is 0.273 e. The van der Waals surface area contributed by atoms with E-state index in [1.54, 1.807) is 23.6 Å². The Morgan fingerprint density at radius 2 is 1.88 bits per heavy atom. The number of amides is 2. The Kier molecular flexibility index (Phi) is 7.48. The summed E-state index contributed by atoms with van der Waals surface area (Å²) in [6.07, 6.45) is 1.71. The Balaban J connectivity index is 1.22. The second kappa shape index (κ2) is 10.9. The minimum Gasteiger partial charge on any atom is -0.497 e. The molecule has 0 radical (unpaired) electrons. The van der Waals surface area contributed by atoms with E-state index in [0.29, 0.717) is 50.1 Å². The number of methoxy groups -OCH3 is 1. The number of ether oxygens (including phenoxy) is 1. The Bertz CT molecular complexity index is 1070. The predicted molar refractivity (Wildman–Crippen MR) is 127 cm³/mol. The van der Waals surface area contributed by atoms with Crippen LogP contribution in [0.5, 0.6) is 5.75 Å². The number of nitrogens with one attached hydrogen (secondary N) is 2. The van der Waals surface area contributed by atoms with Crippen LogP contribution in [0, 0.1) is 0 Å². The van der Waals surface area contributed by atoms with Crippen LogP contribution in [0.1, 0.15) is 16.2 Å². The zero-order valence-corrected chi connectivity index (χ0v) is 19.2. The molecule has 4 rings (SSSR count). The van der Waals surface area contributed by atoms with Gasteiger partial charge >= 0.3 is 0 Å². The summed E-state index contributed by atoms with van der Waals surface area (Å²) in [4.78, 5) is 37.6. The molecule has 3 aromatic rings. The van der Waals surface area contributed by atoms with Gasteiger partial charge in [0.25, 0.3) is 5.91 Å². The van der Waals surface area contributed by atoms with Crippen LogP contribution in [0.15, 0.2) is 54.0 Å². The van der Waals surface area contributed by atoms with Gasteiger partial charge in [0.15, 0.2) is 5.13 Å². The Morgan fingerprint density at radius 3 is 2.58 bits per heavy atom. The van der Waals surface area contributed by atoms with Gasteiger partial charge in [-0.3, -0.25) is 19.5 Å². The highest BCUT2D eigenvalue weighted by molar-refractivity contribution is 7.14. The lowest BCUT2D eigenvalue weighted by atomic mass is 10.3. The molecule has 2 N–H and O–H groups in total. The van der Waals surface area contributed by atoms with Crippen molar-refractivity contribution in [3.05, 3.63) is 65.4 Å². The molecule has 0 atom stereocenters. The van der Waals surface area contributed by atoms with Gasteiger partial charge in [-0.05, 0) is 36.4 Å². The summed E-state index contributed by atoms with van der Waals surface area (Å²) in [7, 11) is 1.62. The number of benzene rings is 1. The number of aromatic nitrogens is 2. The van der Waals surface area contributed by atoms with Crippen molar-refractivity contribution >= 4 is 34.0 Å². The first-order valence-electron chi connectivity index (χ1n) is 10.7. The zero-order chi connectivity index (χ0) is 23.0. The molecule has 1 aliphatic heterocycles. The van der Waals surface area contributed by atoms with Crippen LogP contribution in [0.4, 0.5) is 10.8 Å². The number of carbonyl (C=O) groups is 2. The van der Waals surface area contributed by atoms with Crippen LogP contribution in [0.2, 0.25) is 0 Å². The quantitative estimate of drug-likeness (QED) is 0.526. The molecule has 0 saturated carbocycles. The van der Waals surface area contributed by atoms with Crippen molar-refractivity contribution in [3.8, 4) is 5.75 Å². The molecule has 172 valence electrons. The largest absolute Gasteiger partial charge is 0.497 e. The van der Waals surface area contributed by atoms with Gasteiger partial charge in [0.1, 0.15) is 11.4 Å². The normalized spacial score (nSPS) is 14.0. The van der Waals surface area contributed by atoms with Crippen molar-refractivity contribution in [2.24, 2.45) is 0 Å². The van der Waals surface area contributed by atoms with E-state index in [1.807, 2.05) is 42.5 Å². The number of nitrogens with zero attached hydrogens (tertiary/aromatic N) is 4. The summed E-state index contributed by atoms with van der Waals surface area (Å²) in [5, 5.41) is 8.53. The monoisotopic (exact) mass is 466 g/mol. The van der Waals surface area contributed by atoms with Crippen LogP contribution in [-0.2, 0) is 11.3 Å². The number of pyridine rings is 1. The molecule has 9 nitrogen and oxygen atoms in total. The minimum atomic E-state index is -0.0896.